The molecule has 0 radical (unpaired) electrons. The van der Waals surface area contributed by atoms with Gasteiger partial charge in [-0.1, -0.05) is 11.6 Å². The number of morpholine rings is 1. The summed E-state index contributed by atoms with van der Waals surface area (Å²) in [6.45, 7) is 2.63. The fourth-order valence-electron chi connectivity index (χ4n) is 3.13. The summed E-state index contributed by atoms with van der Waals surface area (Å²) in [6, 6.07) is 4.96. The van der Waals surface area contributed by atoms with Gasteiger partial charge >= 0.3 is 0 Å². The van der Waals surface area contributed by atoms with E-state index in [9.17, 15) is 8.42 Å². The fraction of sp³-hybridized carbons (Fsp3) is 0.294. The van der Waals surface area contributed by atoms with Crippen LogP contribution in [0.1, 0.15) is 0 Å². The van der Waals surface area contributed by atoms with Crippen LogP contribution in [0, 0.1) is 0 Å². The lowest BCUT2D eigenvalue weighted by molar-refractivity contribution is 0.123. The first-order valence-electron chi connectivity index (χ1n) is 8.64. The third-order valence-corrected chi connectivity index (χ3v) is 6.28. The Balaban J connectivity index is 1.82. The second-order valence-corrected chi connectivity index (χ2v) is 8.49. The third-order valence-electron chi connectivity index (χ3n) is 4.57. The van der Waals surface area contributed by atoms with Crippen molar-refractivity contribution in [2.75, 3.05) is 43.6 Å². The molecule has 0 aliphatic carbocycles. The van der Waals surface area contributed by atoms with Crippen LogP contribution in [0.2, 0.25) is 5.02 Å². The van der Waals surface area contributed by atoms with Gasteiger partial charge in [0.25, 0.3) is 0 Å². The van der Waals surface area contributed by atoms with Crippen molar-refractivity contribution < 1.29 is 13.2 Å². The molecule has 28 heavy (non-hydrogen) atoms. The molecule has 3 heterocycles. The van der Waals surface area contributed by atoms with Crippen molar-refractivity contribution in [2.24, 2.45) is 0 Å². The molecule has 1 saturated heterocycles. The van der Waals surface area contributed by atoms with E-state index >= 15 is 0 Å². The number of anilines is 3. The minimum atomic E-state index is -3.60. The van der Waals surface area contributed by atoms with Gasteiger partial charge in [-0.05, 0) is 25.2 Å². The molecule has 0 amide bonds. The Hall–Kier alpha value is -2.40. The van der Waals surface area contributed by atoms with E-state index in [4.69, 9.17) is 16.3 Å². The van der Waals surface area contributed by atoms with Gasteiger partial charge in [0, 0.05) is 19.3 Å². The number of hydrogen-bond acceptors (Lipinski definition) is 7. The molecule has 9 nitrogen and oxygen atoms in total. The quantitative estimate of drug-likeness (QED) is 0.577. The predicted molar refractivity (Wildman–Crippen MR) is 108 cm³/mol. The average molecular weight is 423 g/mol. The molecule has 0 atom stereocenters. The summed E-state index contributed by atoms with van der Waals surface area (Å²) in [7, 11) is -2.22. The molecule has 4 rings (SSSR count). The number of aromatic nitrogens is 3. The number of rotatable bonds is 5. The summed E-state index contributed by atoms with van der Waals surface area (Å²) >= 11 is 6.27. The van der Waals surface area contributed by atoms with Crippen LogP contribution in [0.15, 0.2) is 35.6 Å². The summed E-state index contributed by atoms with van der Waals surface area (Å²) in [5.41, 5.74) is 2.06. The van der Waals surface area contributed by atoms with Crippen LogP contribution in [0.25, 0.3) is 11.0 Å². The van der Waals surface area contributed by atoms with E-state index < -0.39 is 10.0 Å². The number of ether oxygens (including phenoxy) is 1. The normalized spacial score (nSPS) is 15.1. The second-order valence-electron chi connectivity index (χ2n) is 6.19. The highest BCUT2D eigenvalue weighted by Gasteiger charge is 2.20. The van der Waals surface area contributed by atoms with Crippen LogP contribution in [-0.2, 0) is 14.8 Å². The molecule has 3 aromatic rings. The first-order chi connectivity index (χ1) is 13.5. The largest absolute Gasteiger partial charge is 0.378 e. The lowest BCUT2D eigenvalue weighted by Gasteiger charge is -2.31. The number of hydrogen-bond donors (Lipinski definition) is 3. The van der Waals surface area contributed by atoms with Crippen molar-refractivity contribution in [2.45, 2.75) is 4.90 Å². The molecule has 0 bridgehead atoms. The number of fused-ring (bicyclic) bond motifs is 1. The van der Waals surface area contributed by atoms with Gasteiger partial charge in [-0.3, -0.25) is 0 Å². The van der Waals surface area contributed by atoms with Crippen LogP contribution in [0.3, 0.4) is 0 Å². The lowest BCUT2D eigenvalue weighted by atomic mass is 10.2. The first-order valence-corrected chi connectivity index (χ1v) is 10.5. The smallest absolute Gasteiger partial charge is 0.240 e. The predicted octanol–water partition coefficient (Wildman–Crippen LogP) is 2.10. The number of benzene rings is 1. The maximum absolute atomic E-state index is 12.3. The Morgan fingerprint density at radius 2 is 2.04 bits per heavy atom. The summed E-state index contributed by atoms with van der Waals surface area (Å²) < 4.78 is 32.4. The maximum atomic E-state index is 12.3. The maximum Gasteiger partial charge on any atom is 0.240 e. The monoisotopic (exact) mass is 422 g/mol. The number of nitrogens with one attached hydrogen (secondary N) is 3. The summed E-state index contributed by atoms with van der Waals surface area (Å²) in [5, 5.41) is 4.36. The van der Waals surface area contributed by atoms with Crippen molar-refractivity contribution in [1.29, 1.82) is 0 Å². The molecule has 2 aromatic heterocycles. The van der Waals surface area contributed by atoms with E-state index in [1.54, 1.807) is 24.4 Å². The average Bonchev–Trinajstić information content (AvgIpc) is 3.10. The van der Waals surface area contributed by atoms with E-state index in [1.807, 2.05) is 0 Å². The Morgan fingerprint density at radius 1 is 1.25 bits per heavy atom. The Kier molecular flexibility index (Phi) is 5.11. The standard InChI is InChI=1S/C17H19ClN6O3S/c1-19-28(25,26)11-2-3-14(24-4-6-27-7-5-24)13(8-11)23-17-15-12(18)9-20-16(15)21-10-22-17/h2-3,8-10,19H,4-7H2,1H3,(H2,20,21,22,23). The highest BCUT2D eigenvalue weighted by Crippen LogP contribution is 2.35. The van der Waals surface area contributed by atoms with Gasteiger partial charge in [-0.25, -0.2) is 23.1 Å². The van der Waals surface area contributed by atoms with E-state index in [1.165, 1.54) is 13.4 Å². The molecule has 1 fully saturated rings. The van der Waals surface area contributed by atoms with Crippen molar-refractivity contribution in [3.8, 4) is 0 Å². The van der Waals surface area contributed by atoms with Crippen molar-refractivity contribution >= 4 is 49.9 Å². The minimum absolute atomic E-state index is 0.153. The number of nitrogens with zero attached hydrogens (tertiary/aromatic N) is 3. The van der Waals surface area contributed by atoms with Gasteiger partial charge in [0.1, 0.15) is 17.8 Å². The zero-order valence-electron chi connectivity index (χ0n) is 15.1. The highest BCUT2D eigenvalue weighted by molar-refractivity contribution is 7.89. The zero-order chi connectivity index (χ0) is 19.7. The van der Waals surface area contributed by atoms with Gasteiger partial charge in [-0.15, -0.1) is 0 Å². The van der Waals surface area contributed by atoms with Gasteiger partial charge in [-0.2, -0.15) is 0 Å². The van der Waals surface area contributed by atoms with Crippen LogP contribution >= 0.6 is 11.6 Å². The van der Waals surface area contributed by atoms with Gasteiger partial charge in [0.15, 0.2) is 0 Å². The van der Waals surface area contributed by atoms with E-state index in [0.29, 0.717) is 53.9 Å². The van der Waals surface area contributed by atoms with E-state index in [-0.39, 0.29) is 4.90 Å². The molecule has 0 unspecified atom stereocenters. The molecule has 1 aliphatic rings. The summed E-state index contributed by atoms with van der Waals surface area (Å²) in [5.74, 6) is 0.491. The van der Waals surface area contributed by atoms with E-state index in [2.05, 4.69) is 29.9 Å². The number of halogens is 1. The SMILES string of the molecule is CNS(=O)(=O)c1ccc(N2CCOCC2)c(Nc2ncnc3[nH]cc(Cl)c23)c1. The molecule has 1 aliphatic heterocycles. The fourth-order valence-corrected chi connectivity index (χ4v) is 4.12. The van der Waals surface area contributed by atoms with Crippen molar-refractivity contribution in [3.05, 3.63) is 35.7 Å². The Bertz CT molecular complexity index is 1110. The van der Waals surface area contributed by atoms with Gasteiger partial charge < -0.3 is 19.9 Å². The minimum Gasteiger partial charge on any atom is -0.378 e. The molecule has 0 saturated carbocycles. The number of H-pyrrole nitrogens is 1. The molecule has 148 valence electrons. The molecular formula is C17H19ClN6O3S. The third kappa shape index (κ3) is 3.51. The Labute approximate surface area is 167 Å². The topological polar surface area (TPSA) is 112 Å². The molecular weight excluding hydrogens is 404 g/mol. The van der Waals surface area contributed by atoms with Crippen LogP contribution in [0.5, 0.6) is 0 Å². The first kappa shape index (κ1) is 18.9. The van der Waals surface area contributed by atoms with Crippen molar-refractivity contribution in [1.82, 2.24) is 19.7 Å². The van der Waals surface area contributed by atoms with Crippen LogP contribution < -0.4 is 14.9 Å². The van der Waals surface area contributed by atoms with Crippen molar-refractivity contribution in [3.63, 3.8) is 0 Å². The summed E-state index contributed by atoms with van der Waals surface area (Å²) in [4.78, 5) is 13.7. The Morgan fingerprint density at radius 3 is 2.79 bits per heavy atom. The molecule has 0 spiro atoms. The molecule has 3 N–H and O–H groups in total. The number of sulfonamides is 1. The molecule has 11 heteroatoms. The molecule has 1 aromatic carbocycles. The second kappa shape index (κ2) is 7.55. The van der Waals surface area contributed by atoms with Crippen LogP contribution in [0.4, 0.5) is 17.2 Å². The highest BCUT2D eigenvalue weighted by atomic mass is 35.5. The van der Waals surface area contributed by atoms with E-state index in [0.717, 1.165) is 5.69 Å². The van der Waals surface area contributed by atoms with Gasteiger partial charge in [0.05, 0.1) is 39.9 Å². The lowest BCUT2D eigenvalue weighted by Crippen LogP contribution is -2.36. The summed E-state index contributed by atoms with van der Waals surface area (Å²) in [6.07, 6.45) is 3.05. The van der Waals surface area contributed by atoms with Gasteiger partial charge in [0.2, 0.25) is 10.0 Å². The number of aromatic amines is 1. The van der Waals surface area contributed by atoms with Crippen LogP contribution in [-0.4, -0.2) is 56.7 Å². The zero-order valence-corrected chi connectivity index (χ0v) is 16.6.